The van der Waals surface area contributed by atoms with Crippen LogP contribution in [0.5, 0.6) is 0 Å². The van der Waals surface area contributed by atoms with Gasteiger partial charge in [-0.15, -0.1) is 10.2 Å². The fourth-order valence-corrected chi connectivity index (χ4v) is 1.41. The van der Waals surface area contributed by atoms with Crippen molar-refractivity contribution in [1.82, 2.24) is 25.9 Å². The molecule has 0 aliphatic carbocycles. The van der Waals surface area contributed by atoms with Crippen molar-refractivity contribution in [3.63, 3.8) is 0 Å². The Kier molecular flexibility index (Phi) is 1.81. The van der Waals surface area contributed by atoms with Crippen molar-refractivity contribution in [3.05, 3.63) is 5.82 Å². The lowest BCUT2D eigenvalue weighted by molar-refractivity contribution is 0.447. The van der Waals surface area contributed by atoms with Crippen LogP contribution in [0.4, 0.5) is 0 Å². The first kappa shape index (κ1) is 6.72. The Morgan fingerprint density at radius 3 is 3.09 bits per heavy atom. The number of nitrogens with zero attached hydrogens (tertiary/aromatic N) is 3. The molecule has 0 radical (unpaired) electrons. The molecule has 2 heterocycles. The van der Waals surface area contributed by atoms with Crippen LogP contribution >= 0.6 is 0 Å². The Hall–Kier alpha value is -0.970. The predicted molar refractivity (Wildman–Crippen MR) is 39.0 cm³/mol. The van der Waals surface area contributed by atoms with Gasteiger partial charge in [0.2, 0.25) is 0 Å². The van der Waals surface area contributed by atoms with E-state index in [9.17, 15) is 0 Å². The normalized spacial score (nSPS) is 25.3. The molecule has 1 fully saturated rings. The summed E-state index contributed by atoms with van der Waals surface area (Å²) < 4.78 is 0. The van der Waals surface area contributed by atoms with Crippen molar-refractivity contribution in [2.75, 3.05) is 13.1 Å². The summed E-state index contributed by atoms with van der Waals surface area (Å²) in [5.41, 5.74) is 0. The zero-order valence-electron chi connectivity index (χ0n) is 6.25. The number of tetrazole rings is 1. The molecule has 1 aliphatic rings. The summed E-state index contributed by atoms with van der Waals surface area (Å²) in [6.45, 7) is 2.11. The molecule has 60 valence electrons. The van der Waals surface area contributed by atoms with Crippen LogP contribution in [-0.2, 0) is 0 Å². The topological polar surface area (TPSA) is 66.5 Å². The fraction of sp³-hybridized carbons (Fsp3) is 0.833. The SMILES string of the molecule is C1CNC[C@H](c2nn[nH]n2)C1. The van der Waals surface area contributed by atoms with Crippen molar-refractivity contribution in [3.8, 4) is 0 Å². The lowest BCUT2D eigenvalue weighted by atomic mass is 9.99. The standard InChI is InChI=1S/C6H11N5/c1-2-5(4-7-3-1)6-8-10-11-9-6/h5,7H,1-4H2,(H,8,9,10,11)/t5-/m1/s1. The highest BCUT2D eigenvalue weighted by atomic mass is 15.5. The molecule has 0 aromatic carbocycles. The summed E-state index contributed by atoms with van der Waals surface area (Å²) in [5.74, 6) is 1.31. The van der Waals surface area contributed by atoms with E-state index >= 15 is 0 Å². The second-order valence-electron chi connectivity index (χ2n) is 2.81. The monoisotopic (exact) mass is 153 g/mol. The van der Waals surface area contributed by atoms with Gasteiger partial charge in [0.1, 0.15) is 0 Å². The van der Waals surface area contributed by atoms with Gasteiger partial charge in [0.25, 0.3) is 0 Å². The zero-order chi connectivity index (χ0) is 7.52. The maximum atomic E-state index is 3.95. The molecule has 0 saturated carbocycles. The second-order valence-corrected chi connectivity index (χ2v) is 2.81. The molecule has 0 spiro atoms. The third kappa shape index (κ3) is 1.37. The molecule has 11 heavy (non-hydrogen) atoms. The van der Waals surface area contributed by atoms with Gasteiger partial charge in [-0.2, -0.15) is 5.21 Å². The van der Waals surface area contributed by atoms with Gasteiger partial charge < -0.3 is 5.32 Å². The Morgan fingerprint density at radius 2 is 2.45 bits per heavy atom. The van der Waals surface area contributed by atoms with Crippen LogP contribution in [0.1, 0.15) is 24.6 Å². The summed E-state index contributed by atoms with van der Waals surface area (Å²) in [7, 11) is 0. The minimum atomic E-state index is 0.461. The molecule has 1 aliphatic heterocycles. The van der Waals surface area contributed by atoms with Crippen LogP contribution in [0, 0.1) is 0 Å². The first-order valence-electron chi connectivity index (χ1n) is 3.91. The van der Waals surface area contributed by atoms with Crippen LogP contribution in [0.3, 0.4) is 0 Å². The first-order chi connectivity index (χ1) is 5.47. The highest BCUT2D eigenvalue weighted by Crippen LogP contribution is 2.17. The number of nitrogens with one attached hydrogen (secondary N) is 2. The number of rotatable bonds is 1. The smallest absolute Gasteiger partial charge is 0.178 e. The van der Waals surface area contributed by atoms with Gasteiger partial charge in [-0.1, -0.05) is 5.21 Å². The van der Waals surface area contributed by atoms with Gasteiger partial charge in [0.15, 0.2) is 5.82 Å². The molecule has 2 N–H and O–H groups in total. The van der Waals surface area contributed by atoms with E-state index in [0.717, 1.165) is 18.9 Å². The van der Waals surface area contributed by atoms with E-state index in [0.29, 0.717) is 5.92 Å². The Bertz CT molecular complexity index is 201. The van der Waals surface area contributed by atoms with Gasteiger partial charge in [0.05, 0.1) is 0 Å². The minimum Gasteiger partial charge on any atom is -0.316 e. The van der Waals surface area contributed by atoms with E-state index in [1.54, 1.807) is 0 Å². The predicted octanol–water partition coefficient (Wildman–Crippen LogP) is -0.333. The van der Waals surface area contributed by atoms with Gasteiger partial charge in [0, 0.05) is 12.5 Å². The quantitative estimate of drug-likeness (QED) is 0.579. The zero-order valence-corrected chi connectivity index (χ0v) is 6.25. The van der Waals surface area contributed by atoms with Crippen molar-refractivity contribution < 1.29 is 0 Å². The van der Waals surface area contributed by atoms with Crippen molar-refractivity contribution in [1.29, 1.82) is 0 Å². The molecule has 1 aromatic rings. The van der Waals surface area contributed by atoms with Crippen LogP contribution in [0.2, 0.25) is 0 Å². The molecule has 1 saturated heterocycles. The lowest BCUT2D eigenvalue weighted by Crippen LogP contribution is -2.28. The first-order valence-corrected chi connectivity index (χ1v) is 3.91. The third-order valence-electron chi connectivity index (χ3n) is 2.02. The van der Waals surface area contributed by atoms with E-state index in [-0.39, 0.29) is 0 Å². The average molecular weight is 153 g/mol. The van der Waals surface area contributed by atoms with E-state index < -0.39 is 0 Å². The molecule has 1 aromatic heterocycles. The van der Waals surface area contributed by atoms with E-state index in [2.05, 4.69) is 25.9 Å². The third-order valence-corrected chi connectivity index (χ3v) is 2.02. The van der Waals surface area contributed by atoms with Gasteiger partial charge >= 0.3 is 0 Å². The van der Waals surface area contributed by atoms with Gasteiger partial charge in [-0.25, -0.2) is 0 Å². The average Bonchev–Trinajstić information content (AvgIpc) is 2.58. The maximum absolute atomic E-state index is 3.95. The molecule has 0 amide bonds. The fourth-order valence-electron chi connectivity index (χ4n) is 1.41. The van der Waals surface area contributed by atoms with Gasteiger partial charge in [-0.3, -0.25) is 0 Å². The summed E-state index contributed by atoms with van der Waals surface area (Å²) in [5, 5.41) is 17.2. The Labute approximate surface area is 64.6 Å². The van der Waals surface area contributed by atoms with E-state index in [4.69, 9.17) is 0 Å². The largest absolute Gasteiger partial charge is 0.316 e. The number of aromatic nitrogens is 4. The van der Waals surface area contributed by atoms with Gasteiger partial charge in [-0.05, 0) is 19.4 Å². The number of piperidine rings is 1. The lowest BCUT2D eigenvalue weighted by Gasteiger charge is -2.18. The van der Waals surface area contributed by atoms with Crippen molar-refractivity contribution in [2.45, 2.75) is 18.8 Å². The molecule has 5 heteroatoms. The molecule has 2 rings (SSSR count). The van der Waals surface area contributed by atoms with Crippen molar-refractivity contribution in [2.24, 2.45) is 0 Å². The van der Waals surface area contributed by atoms with Crippen LogP contribution in [0.15, 0.2) is 0 Å². The summed E-state index contributed by atoms with van der Waals surface area (Å²) in [6.07, 6.45) is 2.38. The number of hydrogen-bond acceptors (Lipinski definition) is 4. The number of aromatic amines is 1. The second kappa shape index (κ2) is 2.96. The van der Waals surface area contributed by atoms with Crippen LogP contribution in [-0.4, -0.2) is 33.7 Å². The summed E-state index contributed by atoms with van der Waals surface area (Å²) in [6, 6.07) is 0. The highest BCUT2D eigenvalue weighted by Gasteiger charge is 2.18. The van der Waals surface area contributed by atoms with Crippen LogP contribution in [0.25, 0.3) is 0 Å². The number of hydrogen-bond donors (Lipinski definition) is 2. The molecule has 1 atom stereocenters. The van der Waals surface area contributed by atoms with Crippen molar-refractivity contribution >= 4 is 0 Å². The Balaban J connectivity index is 2.04. The number of H-pyrrole nitrogens is 1. The van der Waals surface area contributed by atoms with Crippen LogP contribution < -0.4 is 5.32 Å². The molecule has 5 nitrogen and oxygen atoms in total. The van der Waals surface area contributed by atoms with E-state index in [1.165, 1.54) is 12.8 Å². The molecule has 0 unspecified atom stereocenters. The molecular formula is C6H11N5. The summed E-state index contributed by atoms with van der Waals surface area (Å²) in [4.78, 5) is 0. The molecule has 0 bridgehead atoms. The summed E-state index contributed by atoms with van der Waals surface area (Å²) >= 11 is 0. The maximum Gasteiger partial charge on any atom is 0.178 e. The Morgan fingerprint density at radius 1 is 1.45 bits per heavy atom. The minimum absolute atomic E-state index is 0.461. The van der Waals surface area contributed by atoms with E-state index in [1.807, 2.05) is 0 Å². The highest BCUT2D eigenvalue weighted by molar-refractivity contribution is 4.93. The molecular weight excluding hydrogens is 142 g/mol.